The molecule has 2 heterocycles. The van der Waals surface area contributed by atoms with E-state index in [0.717, 1.165) is 13.1 Å². The number of nitrogens with zero attached hydrogens (tertiary/aromatic N) is 1. The second kappa shape index (κ2) is 5.69. The van der Waals surface area contributed by atoms with Crippen molar-refractivity contribution < 1.29 is 9.53 Å². The molecule has 1 amide bonds. The van der Waals surface area contributed by atoms with E-state index in [9.17, 15) is 4.79 Å². The zero-order valence-corrected chi connectivity index (χ0v) is 12.9. The Morgan fingerprint density at radius 2 is 2.39 bits per heavy atom. The summed E-state index contributed by atoms with van der Waals surface area (Å²) in [5.74, 6) is -0.380. The Kier molecular flexibility index (Phi) is 4.42. The van der Waals surface area contributed by atoms with E-state index in [0.29, 0.717) is 6.54 Å². The Labute approximate surface area is 119 Å². The quantitative estimate of drug-likeness (QED) is 0.919. The summed E-state index contributed by atoms with van der Waals surface area (Å²) < 4.78 is 6.69. The van der Waals surface area contributed by atoms with Crippen LogP contribution in [0.15, 0.2) is 9.85 Å². The van der Waals surface area contributed by atoms with Gasteiger partial charge in [-0.1, -0.05) is 0 Å². The first-order valence-electron chi connectivity index (χ1n) is 5.87. The molecule has 0 aromatic carbocycles. The number of ether oxygens (including phenoxy) is 1. The molecule has 0 bridgehead atoms. The minimum absolute atomic E-state index is 0.0424. The molecule has 2 N–H and O–H groups in total. The van der Waals surface area contributed by atoms with E-state index in [1.807, 2.05) is 6.92 Å². The molecule has 2 atom stereocenters. The van der Waals surface area contributed by atoms with Crippen LogP contribution in [-0.4, -0.2) is 36.1 Å². The van der Waals surface area contributed by atoms with Crippen LogP contribution in [0.5, 0.6) is 0 Å². The molecule has 1 aliphatic heterocycles. The SMILES string of the molecule is Cc1cc(CN2C[C@@H](C)O[C@H](C(N)=O)C2)sc1Br. The fourth-order valence-corrected chi connectivity index (χ4v) is 3.82. The van der Waals surface area contributed by atoms with Crippen molar-refractivity contribution in [3.8, 4) is 0 Å². The number of primary amides is 1. The number of rotatable bonds is 3. The molecule has 18 heavy (non-hydrogen) atoms. The first kappa shape index (κ1) is 14.0. The van der Waals surface area contributed by atoms with Crippen LogP contribution in [-0.2, 0) is 16.1 Å². The van der Waals surface area contributed by atoms with Crippen LogP contribution in [0.3, 0.4) is 0 Å². The lowest BCUT2D eigenvalue weighted by Crippen LogP contribution is -2.51. The van der Waals surface area contributed by atoms with Gasteiger partial charge < -0.3 is 10.5 Å². The molecule has 0 aliphatic carbocycles. The lowest BCUT2D eigenvalue weighted by atomic mass is 10.2. The average molecular weight is 333 g/mol. The molecular formula is C12H17BrN2O2S. The fourth-order valence-electron chi connectivity index (χ4n) is 2.15. The number of hydrogen-bond donors (Lipinski definition) is 1. The molecule has 0 saturated carbocycles. The van der Waals surface area contributed by atoms with Crippen LogP contribution >= 0.6 is 27.3 Å². The summed E-state index contributed by atoms with van der Waals surface area (Å²) in [6, 6.07) is 2.17. The van der Waals surface area contributed by atoms with Crippen molar-refractivity contribution in [3.05, 3.63) is 20.3 Å². The summed E-state index contributed by atoms with van der Waals surface area (Å²) in [5, 5.41) is 0. The van der Waals surface area contributed by atoms with Crippen molar-refractivity contribution in [1.29, 1.82) is 0 Å². The Hall–Kier alpha value is -0.430. The van der Waals surface area contributed by atoms with E-state index in [4.69, 9.17) is 10.5 Å². The molecule has 1 aromatic rings. The van der Waals surface area contributed by atoms with Crippen LogP contribution in [0, 0.1) is 6.92 Å². The van der Waals surface area contributed by atoms with Gasteiger partial charge in [-0.3, -0.25) is 9.69 Å². The van der Waals surface area contributed by atoms with Crippen molar-refractivity contribution in [3.63, 3.8) is 0 Å². The topological polar surface area (TPSA) is 55.6 Å². The first-order chi connectivity index (χ1) is 8.45. The number of thiophene rings is 1. The van der Waals surface area contributed by atoms with Gasteiger partial charge in [-0.05, 0) is 41.4 Å². The molecule has 100 valence electrons. The summed E-state index contributed by atoms with van der Waals surface area (Å²) in [6.45, 7) is 6.30. The maximum atomic E-state index is 11.2. The van der Waals surface area contributed by atoms with Gasteiger partial charge in [0.1, 0.15) is 6.10 Å². The summed E-state index contributed by atoms with van der Waals surface area (Å²) in [7, 11) is 0. The Balaban J connectivity index is 2.02. The normalized spacial score (nSPS) is 25.3. The standard InChI is InChI=1S/C12H17BrN2O2S/c1-7-3-9(18-11(7)13)5-15-4-8(2)17-10(6-15)12(14)16/h3,8,10H,4-6H2,1-2H3,(H2,14,16)/t8-,10+/m1/s1. The lowest BCUT2D eigenvalue weighted by Gasteiger charge is -2.35. The van der Waals surface area contributed by atoms with Gasteiger partial charge in [0.05, 0.1) is 9.89 Å². The van der Waals surface area contributed by atoms with Gasteiger partial charge in [0.25, 0.3) is 0 Å². The van der Waals surface area contributed by atoms with Crippen LogP contribution in [0.1, 0.15) is 17.4 Å². The largest absolute Gasteiger partial charge is 0.367 e. The molecule has 1 aliphatic rings. The average Bonchev–Trinajstić information content (AvgIpc) is 2.56. The number of aryl methyl sites for hydroxylation is 1. The zero-order chi connectivity index (χ0) is 13.3. The van der Waals surface area contributed by atoms with Crippen LogP contribution < -0.4 is 5.73 Å². The molecule has 1 fully saturated rings. The number of hydrogen-bond acceptors (Lipinski definition) is 4. The number of carbonyl (C=O) groups excluding carboxylic acids is 1. The van der Waals surface area contributed by atoms with Gasteiger partial charge >= 0.3 is 0 Å². The highest BCUT2D eigenvalue weighted by atomic mass is 79.9. The third kappa shape index (κ3) is 3.32. The molecule has 0 spiro atoms. The van der Waals surface area contributed by atoms with Gasteiger partial charge in [0.15, 0.2) is 0 Å². The van der Waals surface area contributed by atoms with Crippen LogP contribution in [0.25, 0.3) is 0 Å². The van der Waals surface area contributed by atoms with E-state index < -0.39 is 6.10 Å². The number of halogens is 1. The van der Waals surface area contributed by atoms with Crippen LogP contribution in [0.2, 0.25) is 0 Å². The number of nitrogens with two attached hydrogens (primary N) is 1. The molecule has 1 aromatic heterocycles. The predicted molar refractivity (Wildman–Crippen MR) is 75.6 cm³/mol. The van der Waals surface area contributed by atoms with Crippen LogP contribution in [0.4, 0.5) is 0 Å². The van der Waals surface area contributed by atoms with E-state index in [1.54, 1.807) is 11.3 Å². The molecule has 4 nitrogen and oxygen atoms in total. The molecule has 6 heteroatoms. The summed E-state index contributed by atoms with van der Waals surface area (Å²) in [5.41, 5.74) is 6.57. The summed E-state index contributed by atoms with van der Waals surface area (Å²) in [6.07, 6.45) is -0.445. The van der Waals surface area contributed by atoms with Gasteiger partial charge in [0.2, 0.25) is 5.91 Å². The van der Waals surface area contributed by atoms with E-state index >= 15 is 0 Å². The minimum Gasteiger partial charge on any atom is -0.367 e. The lowest BCUT2D eigenvalue weighted by molar-refractivity contribution is -0.142. The van der Waals surface area contributed by atoms with Crippen molar-refractivity contribution in [2.45, 2.75) is 32.6 Å². The smallest absolute Gasteiger partial charge is 0.247 e. The Morgan fingerprint density at radius 3 is 2.94 bits per heavy atom. The monoisotopic (exact) mass is 332 g/mol. The second-order valence-electron chi connectivity index (χ2n) is 4.70. The number of morpholine rings is 1. The number of carbonyl (C=O) groups is 1. The highest BCUT2D eigenvalue weighted by Crippen LogP contribution is 2.28. The Bertz CT molecular complexity index is 430. The summed E-state index contributed by atoms with van der Waals surface area (Å²) in [4.78, 5) is 14.7. The molecule has 0 unspecified atom stereocenters. The molecule has 2 rings (SSSR count). The van der Waals surface area contributed by atoms with Gasteiger partial charge in [-0.25, -0.2) is 0 Å². The van der Waals surface area contributed by atoms with Gasteiger partial charge in [-0.15, -0.1) is 11.3 Å². The fraction of sp³-hybridized carbons (Fsp3) is 0.583. The highest BCUT2D eigenvalue weighted by Gasteiger charge is 2.29. The summed E-state index contributed by atoms with van der Waals surface area (Å²) >= 11 is 5.27. The molecule has 1 saturated heterocycles. The van der Waals surface area contributed by atoms with E-state index in [-0.39, 0.29) is 12.0 Å². The van der Waals surface area contributed by atoms with Crippen molar-refractivity contribution in [2.24, 2.45) is 5.73 Å². The van der Waals surface area contributed by atoms with Crippen molar-refractivity contribution in [2.75, 3.05) is 13.1 Å². The number of amides is 1. The molecular weight excluding hydrogens is 316 g/mol. The predicted octanol–water partition coefficient (Wildman–Crippen LogP) is 1.89. The van der Waals surface area contributed by atoms with Gasteiger partial charge in [-0.2, -0.15) is 0 Å². The van der Waals surface area contributed by atoms with E-state index in [2.05, 4.69) is 33.8 Å². The zero-order valence-electron chi connectivity index (χ0n) is 10.5. The van der Waals surface area contributed by atoms with Crippen molar-refractivity contribution >= 4 is 33.2 Å². The maximum absolute atomic E-state index is 11.2. The Morgan fingerprint density at radius 1 is 1.67 bits per heavy atom. The third-order valence-electron chi connectivity index (χ3n) is 2.94. The van der Waals surface area contributed by atoms with Gasteiger partial charge in [0, 0.05) is 24.5 Å². The van der Waals surface area contributed by atoms with Crippen molar-refractivity contribution in [1.82, 2.24) is 4.90 Å². The molecule has 0 radical (unpaired) electrons. The minimum atomic E-state index is -0.488. The first-order valence-corrected chi connectivity index (χ1v) is 7.48. The third-order valence-corrected chi connectivity index (χ3v) is 5.06. The maximum Gasteiger partial charge on any atom is 0.247 e. The highest BCUT2D eigenvalue weighted by molar-refractivity contribution is 9.11. The van der Waals surface area contributed by atoms with E-state index in [1.165, 1.54) is 14.2 Å². The second-order valence-corrected chi connectivity index (χ2v) is 7.16.